The molecule has 2 rings (SSSR count). The Hall–Kier alpha value is -2.04. The molecule has 0 spiro atoms. The maximum atomic E-state index is 11.4. The lowest BCUT2D eigenvalue weighted by molar-refractivity contribution is 0.270. The number of nitrogens with two attached hydrogens (primary N) is 1. The molecule has 1 aromatic heterocycles. The number of anilines is 1. The number of benzene rings is 1. The van der Waals surface area contributed by atoms with Crippen molar-refractivity contribution >= 4 is 16.6 Å². The molecule has 0 bridgehead atoms. The van der Waals surface area contributed by atoms with Gasteiger partial charge in [0.15, 0.2) is 0 Å². The van der Waals surface area contributed by atoms with Gasteiger partial charge in [-0.25, -0.2) is 4.79 Å². The van der Waals surface area contributed by atoms with Crippen molar-refractivity contribution in [1.82, 2.24) is 4.98 Å². The second-order valence-corrected chi connectivity index (χ2v) is 2.71. The van der Waals surface area contributed by atoms with Crippen LogP contribution < -0.4 is 16.1 Å². The first kappa shape index (κ1) is 8.55. The molecule has 0 radical (unpaired) electrons. The van der Waals surface area contributed by atoms with Gasteiger partial charge in [0.2, 0.25) is 0 Å². The van der Waals surface area contributed by atoms with Gasteiger partial charge in [-0.05, 0) is 12.1 Å². The van der Waals surface area contributed by atoms with E-state index in [2.05, 4.69) is 4.98 Å². The summed E-state index contributed by atoms with van der Waals surface area (Å²) in [6.45, 7) is 0. The lowest BCUT2D eigenvalue weighted by atomic mass is 10.2. The highest BCUT2D eigenvalue weighted by Gasteiger charge is 2.08. The summed E-state index contributed by atoms with van der Waals surface area (Å²) in [5.41, 5.74) is 5.89. The van der Waals surface area contributed by atoms with Gasteiger partial charge >= 0.3 is 11.7 Å². The third kappa shape index (κ3) is 1.19. The number of nitrogen functional groups attached to an aromatic ring is 1. The fourth-order valence-corrected chi connectivity index (χ4v) is 1.21. The zero-order valence-electron chi connectivity index (χ0n) is 7.48. The van der Waals surface area contributed by atoms with Gasteiger partial charge in [0, 0.05) is 5.69 Å². The van der Waals surface area contributed by atoms with Crippen molar-refractivity contribution < 1.29 is 9.15 Å². The molecule has 14 heavy (non-hydrogen) atoms. The second-order valence-electron chi connectivity index (χ2n) is 2.71. The Bertz CT molecular complexity index is 533. The zero-order chi connectivity index (χ0) is 10.1. The van der Waals surface area contributed by atoms with Crippen LogP contribution in [0.15, 0.2) is 27.4 Å². The highest BCUT2D eigenvalue weighted by atomic mass is 16.6. The highest BCUT2D eigenvalue weighted by molar-refractivity contribution is 5.88. The first-order valence-electron chi connectivity index (χ1n) is 3.95. The topological polar surface area (TPSA) is 78.4 Å². The summed E-state index contributed by atoms with van der Waals surface area (Å²) >= 11 is 0. The molecule has 5 heteroatoms. The molecule has 0 aliphatic rings. The van der Waals surface area contributed by atoms with E-state index in [0.717, 1.165) is 0 Å². The average molecular weight is 192 g/mol. The van der Waals surface area contributed by atoms with Crippen LogP contribution in [-0.4, -0.2) is 12.1 Å². The first-order valence-corrected chi connectivity index (χ1v) is 3.95. The Morgan fingerprint density at radius 2 is 2.29 bits per heavy atom. The second kappa shape index (κ2) is 3.02. The molecule has 0 amide bonds. The Labute approximate surface area is 79.1 Å². The van der Waals surface area contributed by atoms with E-state index in [1.807, 2.05) is 0 Å². The Morgan fingerprint density at radius 3 is 3.00 bits per heavy atom. The fraction of sp³-hybridized carbons (Fsp3) is 0.111. The van der Waals surface area contributed by atoms with E-state index in [9.17, 15) is 4.79 Å². The van der Waals surface area contributed by atoms with Crippen molar-refractivity contribution in [2.75, 3.05) is 12.8 Å². The third-order valence-corrected chi connectivity index (χ3v) is 1.85. The van der Waals surface area contributed by atoms with Crippen LogP contribution in [0.3, 0.4) is 0 Å². The maximum Gasteiger partial charge on any atom is 0.396 e. The number of rotatable bonds is 1. The number of methoxy groups -OCH3 is 1. The van der Waals surface area contributed by atoms with Crippen LogP contribution in [0.4, 0.5) is 5.69 Å². The molecule has 0 atom stereocenters. The van der Waals surface area contributed by atoms with Gasteiger partial charge in [-0.15, -0.1) is 0 Å². The van der Waals surface area contributed by atoms with E-state index < -0.39 is 5.63 Å². The Balaban J connectivity index is 2.90. The van der Waals surface area contributed by atoms with E-state index in [1.54, 1.807) is 18.2 Å². The van der Waals surface area contributed by atoms with E-state index in [4.69, 9.17) is 14.9 Å². The molecule has 2 aromatic rings. The summed E-state index contributed by atoms with van der Waals surface area (Å²) in [6, 6.07) is 5.00. The normalized spacial score (nSPS) is 10.4. The molecule has 72 valence electrons. The molecule has 0 saturated heterocycles. The van der Waals surface area contributed by atoms with Crippen LogP contribution in [0.2, 0.25) is 0 Å². The molecule has 0 fully saturated rings. The molecule has 1 aromatic carbocycles. The van der Waals surface area contributed by atoms with Gasteiger partial charge in [0.05, 0.1) is 12.6 Å². The Kier molecular flexibility index (Phi) is 1.85. The molecule has 0 aliphatic heterocycles. The molecule has 0 saturated carbocycles. The minimum atomic E-state index is -0.537. The smallest absolute Gasteiger partial charge is 0.396 e. The minimum Gasteiger partial charge on any atom is -0.453 e. The van der Waals surface area contributed by atoms with Crippen LogP contribution in [0.25, 0.3) is 10.9 Å². The number of aromatic nitrogens is 1. The quantitative estimate of drug-likeness (QED) is 0.675. The average Bonchev–Trinajstić information content (AvgIpc) is 2.17. The van der Waals surface area contributed by atoms with E-state index in [0.29, 0.717) is 11.2 Å². The molecule has 5 nitrogen and oxygen atoms in total. The van der Waals surface area contributed by atoms with Gasteiger partial charge in [0.1, 0.15) is 5.39 Å². The van der Waals surface area contributed by atoms with Crippen LogP contribution >= 0.6 is 0 Å². The van der Waals surface area contributed by atoms with Gasteiger partial charge in [0.25, 0.3) is 0 Å². The predicted molar refractivity (Wildman–Crippen MR) is 51.2 cm³/mol. The lowest BCUT2D eigenvalue weighted by Crippen LogP contribution is -2.05. The standard InChI is InChI=1S/C9H8N2O3/c1-13-9-11-6-4-2-3-5(10)7(6)8(12)14-9/h2-4H,10H2,1H3. The molecule has 0 aliphatic carbocycles. The van der Waals surface area contributed by atoms with Crippen LogP contribution in [-0.2, 0) is 0 Å². The summed E-state index contributed by atoms with van der Waals surface area (Å²) in [4.78, 5) is 15.4. The largest absolute Gasteiger partial charge is 0.453 e. The van der Waals surface area contributed by atoms with Crippen LogP contribution in [0.5, 0.6) is 6.08 Å². The van der Waals surface area contributed by atoms with Crippen molar-refractivity contribution in [1.29, 1.82) is 0 Å². The summed E-state index contributed by atoms with van der Waals surface area (Å²) in [5.74, 6) is 0. The molecule has 2 N–H and O–H groups in total. The lowest BCUT2D eigenvalue weighted by Gasteiger charge is -2.00. The fourth-order valence-electron chi connectivity index (χ4n) is 1.21. The number of ether oxygens (including phenoxy) is 1. The molecular formula is C9H8N2O3. The third-order valence-electron chi connectivity index (χ3n) is 1.85. The Morgan fingerprint density at radius 1 is 1.50 bits per heavy atom. The molecule has 1 heterocycles. The van der Waals surface area contributed by atoms with Crippen LogP contribution in [0.1, 0.15) is 0 Å². The van der Waals surface area contributed by atoms with Crippen LogP contribution in [0, 0.1) is 0 Å². The summed E-state index contributed by atoms with van der Waals surface area (Å²) in [6.07, 6.45) is -0.0619. The predicted octanol–water partition coefficient (Wildman–Crippen LogP) is 0.779. The van der Waals surface area contributed by atoms with Gasteiger partial charge in [-0.3, -0.25) is 0 Å². The monoisotopic (exact) mass is 192 g/mol. The number of hydrogen-bond donors (Lipinski definition) is 1. The number of nitrogens with zero attached hydrogens (tertiary/aromatic N) is 1. The van der Waals surface area contributed by atoms with E-state index in [1.165, 1.54) is 7.11 Å². The number of fused-ring (bicyclic) bond motifs is 1. The minimum absolute atomic E-state index is 0.0619. The maximum absolute atomic E-state index is 11.4. The molecular weight excluding hydrogens is 184 g/mol. The summed E-state index contributed by atoms with van der Waals surface area (Å²) < 4.78 is 9.48. The first-order chi connectivity index (χ1) is 6.72. The molecule has 0 unspecified atom stereocenters. The van der Waals surface area contributed by atoms with Crippen molar-refractivity contribution in [3.05, 3.63) is 28.6 Å². The van der Waals surface area contributed by atoms with Gasteiger partial charge in [-0.2, -0.15) is 4.98 Å². The highest BCUT2D eigenvalue weighted by Crippen LogP contribution is 2.17. The van der Waals surface area contributed by atoms with Gasteiger partial charge < -0.3 is 14.9 Å². The van der Waals surface area contributed by atoms with Crippen molar-refractivity contribution in [3.63, 3.8) is 0 Å². The number of hydrogen-bond acceptors (Lipinski definition) is 5. The zero-order valence-corrected chi connectivity index (χ0v) is 7.48. The van der Waals surface area contributed by atoms with Crippen molar-refractivity contribution in [2.24, 2.45) is 0 Å². The summed E-state index contributed by atoms with van der Waals surface area (Å²) in [7, 11) is 1.38. The van der Waals surface area contributed by atoms with Crippen molar-refractivity contribution in [3.8, 4) is 6.08 Å². The van der Waals surface area contributed by atoms with Crippen molar-refractivity contribution in [2.45, 2.75) is 0 Å². The van der Waals surface area contributed by atoms with Gasteiger partial charge in [-0.1, -0.05) is 6.07 Å². The summed E-state index contributed by atoms with van der Waals surface area (Å²) in [5, 5.41) is 0.285. The SMILES string of the molecule is COc1nc2cccc(N)c2c(=O)o1. The van der Waals surface area contributed by atoms with E-state index in [-0.39, 0.29) is 11.5 Å². The van der Waals surface area contributed by atoms with E-state index >= 15 is 0 Å².